The zero-order valence-electron chi connectivity index (χ0n) is 14.4. The molecule has 0 saturated carbocycles. The number of hydrogen-bond donors (Lipinski definition) is 1. The van der Waals surface area contributed by atoms with Crippen molar-refractivity contribution in [2.24, 2.45) is 0 Å². The van der Waals surface area contributed by atoms with Crippen LogP contribution in [-0.4, -0.2) is 26.0 Å². The van der Waals surface area contributed by atoms with Crippen molar-refractivity contribution in [3.63, 3.8) is 0 Å². The van der Waals surface area contributed by atoms with Gasteiger partial charge in [0.25, 0.3) is 0 Å². The number of aromatic nitrogens is 4. The molecule has 0 aliphatic carbocycles. The molecule has 4 aromatic rings. The minimum Gasteiger partial charge on any atom is -0.493 e. The highest BCUT2D eigenvalue weighted by molar-refractivity contribution is 5.80. The Kier molecular flexibility index (Phi) is 3.71. The summed E-state index contributed by atoms with van der Waals surface area (Å²) in [5, 5.41) is 3.24. The van der Waals surface area contributed by atoms with Crippen molar-refractivity contribution < 1.29 is 9.13 Å². The number of imidazole rings is 1. The molecule has 0 radical (unpaired) electrons. The third-order valence-corrected chi connectivity index (χ3v) is 4.81. The van der Waals surface area contributed by atoms with E-state index in [-0.39, 0.29) is 5.82 Å². The highest BCUT2D eigenvalue weighted by atomic mass is 19.1. The third-order valence-electron chi connectivity index (χ3n) is 4.81. The minimum atomic E-state index is -0.234. The number of nitrogens with one attached hydrogen (secondary N) is 1. The van der Waals surface area contributed by atoms with Crippen LogP contribution < -0.4 is 10.1 Å². The normalized spacial score (nSPS) is 12.8. The molecule has 0 spiro atoms. The van der Waals surface area contributed by atoms with Crippen molar-refractivity contribution in [1.82, 2.24) is 19.4 Å². The van der Waals surface area contributed by atoms with Crippen LogP contribution in [0, 0.1) is 5.82 Å². The standard InChI is InChI=1S/C20H16FN5O/c21-17-1-2-19-14(5-8-27-19)16(17)10-25-20-24-9-15(13-3-6-22-7-4-13)18-11-23-12-26(18)20/h1-4,6-7,9,11-12H,5,8,10H2,(H,24,25). The molecule has 0 atom stereocenters. The Morgan fingerprint density at radius 3 is 2.89 bits per heavy atom. The Hall–Kier alpha value is -3.48. The van der Waals surface area contributed by atoms with Crippen LogP contribution in [0.5, 0.6) is 5.75 Å². The van der Waals surface area contributed by atoms with Gasteiger partial charge in [0.1, 0.15) is 17.9 Å². The van der Waals surface area contributed by atoms with E-state index in [0.29, 0.717) is 24.7 Å². The molecule has 1 aromatic carbocycles. The molecule has 0 fully saturated rings. The number of fused-ring (bicyclic) bond motifs is 2. The van der Waals surface area contributed by atoms with Gasteiger partial charge in [-0.25, -0.2) is 14.4 Å². The van der Waals surface area contributed by atoms with Crippen LogP contribution in [0.4, 0.5) is 10.3 Å². The van der Waals surface area contributed by atoms with E-state index in [1.807, 2.05) is 16.5 Å². The molecule has 1 N–H and O–H groups in total. The van der Waals surface area contributed by atoms with Crippen LogP contribution in [0.3, 0.4) is 0 Å². The summed E-state index contributed by atoms with van der Waals surface area (Å²) >= 11 is 0. The number of nitrogens with zero attached hydrogens (tertiary/aromatic N) is 4. The Morgan fingerprint density at radius 2 is 2.00 bits per heavy atom. The second-order valence-electron chi connectivity index (χ2n) is 6.33. The van der Waals surface area contributed by atoms with Crippen molar-refractivity contribution in [1.29, 1.82) is 0 Å². The number of anilines is 1. The predicted molar refractivity (Wildman–Crippen MR) is 99.1 cm³/mol. The van der Waals surface area contributed by atoms with Gasteiger partial charge in [-0.05, 0) is 29.8 Å². The summed E-state index contributed by atoms with van der Waals surface area (Å²) in [5.74, 6) is 1.14. The van der Waals surface area contributed by atoms with Crippen molar-refractivity contribution in [2.45, 2.75) is 13.0 Å². The quantitative estimate of drug-likeness (QED) is 0.603. The van der Waals surface area contributed by atoms with Gasteiger partial charge >= 0.3 is 0 Å². The molecule has 134 valence electrons. The van der Waals surface area contributed by atoms with Gasteiger partial charge < -0.3 is 10.1 Å². The van der Waals surface area contributed by atoms with E-state index in [1.165, 1.54) is 6.07 Å². The lowest BCUT2D eigenvalue weighted by molar-refractivity contribution is 0.356. The zero-order chi connectivity index (χ0) is 18.2. The van der Waals surface area contributed by atoms with Crippen molar-refractivity contribution in [2.75, 3.05) is 11.9 Å². The molecule has 4 heterocycles. The lowest BCUT2D eigenvalue weighted by Gasteiger charge is -2.13. The molecule has 1 aliphatic heterocycles. The number of hydrogen-bond acceptors (Lipinski definition) is 5. The van der Waals surface area contributed by atoms with Crippen molar-refractivity contribution >= 4 is 11.5 Å². The first kappa shape index (κ1) is 15.7. The Morgan fingerprint density at radius 1 is 1.11 bits per heavy atom. The van der Waals surface area contributed by atoms with E-state index < -0.39 is 0 Å². The molecular weight excluding hydrogens is 345 g/mol. The number of halogens is 1. The molecule has 0 unspecified atom stereocenters. The van der Waals surface area contributed by atoms with Crippen LogP contribution in [0.15, 0.2) is 55.4 Å². The van der Waals surface area contributed by atoms with Gasteiger partial charge in [0, 0.05) is 48.2 Å². The van der Waals surface area contributed by atoms with E-state index in [0.717, 1.165) is 34.4 Å². The van der Waals surface area contributed by atoms with Crippen LogP contribution >= 0.6 is 0 Å². The summed E-state index contributed by atoms with van der Waals surface area (Å²) in [6.07, 6.45) is 9.49. The number of rotatable bonds is 4. The van der Waals surface area contributed by atoms with E-state index in [2.05, 4.69) is 20.3 Å². The largest absolute Gasteiger partial charge is 0.493 e. The first-order valence-electron chi connectivity index (χ1n) is 8.69. The van der Waals surface area contributed by atoms with E-state index in [9.17, 15) is 4.39 Å². The van der Waals surface area contributed by atoms with Crippen LogP contribution in [-0.2, 0) is 13.0 Å². The number of pyridine rings is 1. The van der Waals surface area contributed by atoms with Gasteiger partial charge in [-0.1, -0.05) is 0 Å². The molecule has 0 saturated heterocycles. The fourth-order valence-electron chi connectivity index (χ4n) is 3.48. The fourth-order valence-corrected chi connectivity index (χ4v) is 3.48. The summed E-state index contributed by atoms with van der Waals surface area (Å²) in [6.45, 7) is 0.920. The molecule has 7 heteroatoms. The number of ether oxygens (including phenoxy) is 1. The first-order chi connectivity index (χ1) is 13.3. The highest BCUT2D eigenvalue weighted by Crippen LogP contribution is 2.31. The van der Waals surface area contributed by atoms with Gasteiger partial charge in [-0.15, -0.1) is 0 Å². The lowest BCUT2D eigenvalue weighted by Crippen LogP contribution is -2.09. The Bertz CT molecular complexity index is 1130. The number of benzene rings is 1. The molecule has 3 aromatic heterocycles. The molecule has 1 aliphatic rings. The smallest absolute Gasteiger partial charge is 0.208 e. The summed E-state index contributed by atoms with van der Waals surface area (Å²) in [6, 6.07) is 7.00. The average Bonchev–Trinajstić information content (AvgIpc) is 3.37. The van der Waals surface area contributed by atoms with Gasteiger partial charge in [0.15, 0.2) is 0 Å². The Labute approximate surface area is 154 Å². The highest BCUT2D eigenvalue weighted by Gasteiger charge is 2.19. The lowest BCUT2D eigenvalue weighted by atomic mass is 10.0. The van der Waals surface area contributed by atoms with Crippen LogP contribution in [0.1, 0.15) is 11.1 Å². The maximum absolute atomic E-state index is 14.3. The van der Waals surface area contributed by atoms with E-state index >= 15 is 0 Å². The van der Waals surface area contributed by atoms with E-state index in [4.69, 9.17) is 4.74 Å². The summed E-state index contributed by atoms with van der Waals surface area (Å²) in [4.78, 5) is 12.8. The summed E-state index contributed by atoms with van der Waals surface area (Å²) in [7, 11) is 0. The maximum atomic E-state index is 14.3. The topological polar surface area (TPSA) is 64.3 Å². The summed E-state index contributed by atoms with van der Waals surface area (Å²) in [5.41, 5.74) is 4.44. The molecule has 0 amide bonds. The maximum Gasteiger partial charge on any atom is 0.208 e. The molecule has 6 nitrogen and oxygen atoms in total. The SMILES string of the molecule is Fc1ccc2c(c1CNc1ncc(-c3ccncc3)c3cncn13)CCO2. The van der Waals surface area contributed by atoms with E-state index in [1.54, 1.807) is 37.2 Å². The first-order valence-corrected chi connectivity index (χ1v) is 8.69. The minimum absolute atomic E-state index is 0.234. The zero-order valence-corrected chi connectivity index (χ0v) is 14.4. The third kappa shape index (κ3) is 2.68. The van der Waals surface area contributed by atoms with Crippen LogP contribution in [0.25, 0.3) is 16.6 Å². The van der Waals surface area contributed by atoms with Gasteiger partial charge in [-0.2, -0.15) is 0 Å². The monoisotopic (exact) mass is 361 g/mol. The predicted octanol–water partition coefficient (Wildman–Crippen LogP) is 3.48. The second kappa shape index (κ2) is 6.35. The Balaban J connectivity index is 1.49. The molecule has 27 heavy (non-hydrogen) atoms. The van der Waals surface area contributed by atoms with Gasteiger partial charge in [0.2, 0.25) is 5.95 Å². The average molecular weight is 361 g/mol. The van der Waals surface area contributed by atoms with Gasteiger partial charge in [-0.3, -0.25) is 9.38 Å². The van der Waals surface area contributed by atoms with Gasteiger partial charge in [0.05, 0.1) is 18.3 Å². The van der Waals surface area contributed by atoms with Crippen molar-refractivity contribution in [3.8, 4) is 16.9 Å². The molecular formula is C20H16FN5O. The molecule has 0 bridgehead atoms. The van der Waals surface area contributed by atoms with Crippen LogP contribution in [0.2, 0.25) is 0 Å². The second-order valence-corrected chi connectivity index (χ2v) is 6.33. The summed E-state index contributed by atoms with van der Waals surface area (Å²) < 4.78 is 21.8. The van der Waals surface area contributed by atoms with Crippen molar-refractivity contribution in [3.05, 3.63) is 72.3 Å². The fraction of sp³-hybridized carbons (Fsp3) is 0.150. The molecule has 5 rings (SSSR count).